The highest BCUT2D eigenvalue weighted by Gasteiger charge is 2.04. The Labute approximate surface area is 126 Å². The normalized spacial score (nSPS) is 11.0. The minimum atomic E-state index is 0.644. The van der Waals surface area contributed by atoms with Gasteiger partial charge in [-0.05, 0) is 35.9 Å². The summed E-state index contributed by atoms with van der Waals surface area (Å²) in [5.41, 5.74) is 3.46. The van der Waals surface area contributed by atoms with Crippen molar-refractivity contribution in [3.05, 3.63) is 55.0 Å². The molecule has 0 saturated carbocycles. The molecule has 0 fully saturated rings. The summed E-state index contributed by atoms with van der Waals surface area (Å²) in [5.74, 6) is 1.38. The Balaban J connectivity index is 1.63. The van der Waals surface area contributed by atoms with Gasteiger partial charge in [0.1, 0.15) is 5.82 Å². The van der Waals surface area contributed by atoms with Crippen molar-refractivity contribution in [2.45, 2.75) is 0 Å². The molecule has 0 unspecified atom stereocenters. The van der Waals surface area contributed by atoms with Gasteiger partial charge in [-0.15, -0.1) is 5.10 Å². The highest BCUT2D eigenvalue weighted by atomic mass is 15.4. The molecule has 22 heavy (non-hydrogen) atoms. The van der Waals surface area contributed by atoms with E-state index in [0.717, 1.165) is 16.9 Å². The highest BCUT2D eigenvalue weighted by molar-refractivity contribution is 5.85. The smallest absolute Gasteiger partial charge is 0.173 e. The first-order chi connectivity index (χ1) is 10.8. The number of H-pyrrole nitrogens is 1. The Hall–Kier alpha value is -3.15. The summed E-state index contributed by atoms with van der Waals surface area (Å²) in [6.07, 6.45) is 5.53. The van der Waals surface area contributed by atoms with Crippen molar-refractivity contribution in [1.82, 2.24) is 25.0 Å². The van der Waals surface area contributed by atoms with E-state index >= 15 is 0 Å². The van der Waals surface area contributed by atoms with Crippen molar-refractivity contribution in [2.75, 3.05) is 5.32 Å². The first-order valence-corrected chi connectivity index (χ1v) is 6.94. The molecule has 0 spiro atoms. The van der Waals surface area contributed by atoms with Crippen LogP contribution < -0.4 is 5.32 Å². The molecule has 3 aromatic heterocycles. The van der Waals surface area contributed by atoms with Crippen molar-refractivity contribution in [1.29, 1.82) is 0 Å². The molecule has 0 atom stereocenters. The topological polar surface area (TPSA) is 71.4 Å². The summed E-state index contributed by atoms with van der Waals surface area (Å²) >= 11 is 0. The Morgan fingerprint density at radius 1 is 1.00 bits per heavy atom. The van der Waals surface area contributed by atoms with Crippen LogP contribution in [0.3, 0.4) is 0 Å². The SMILES string of the molecule is Cn1ccc2cc(-c3ccc(Nc4cn[nH]n4)nc3)ccc21. The summed E-state index contributed by atoms with van der Waals surface area (Å²) in [7, 11) is 2.05. The van der Waals surface area contributed by atoms with Gasteiger partial charge in [-0.2, -0.15) is 10.3 Å². The van der Waals surface area contributed by atoms with Gasteiger partial charge in [0.15, 0.2) is 5.82 Å². The fraction of sp³-hybridized carbons (Fsp3) is 0.0625. The molecular formula is C16H14N6. The third-order valence-electron chi connectivity index (χ3n) is 3.65. The zero-order valence-corrected chi connectivity index (χ0v) is 12.0. The van der Waals surface area contributed by atoms with Gasteiger partial charge in [0, 0.05) is 35.9 Å². The molecule has 1 aromatic carbocycles. The number of nitrogens with zero attached hydrogens (tertiary/aromatic N) is 4. The number of aromatic amines is 1. The van der Waals surface area contributed by atoms with Gasteiger partial charge < -0.3 is 9.88 Å². The third kappa shape index (κ3) is 2.20. The van der Waals surface area contributed by atoms with Crippen LogP contribution in [-0.2, 0) is 7.05 Å². The lowest BCUT2D eigenvalue weighted by molar-refractivity contribution is 0.941. The second-order valence-electron chi connectivity index (χ2n) is 5.11. The Bertz CT molecular complexity index is 906. The largest absolute Gasteiger partial charge is 0.351 e. The van der Waals surface area contributed by atoms with E-state index in [2.05, 4.69) is 60.7 Å². The maximum atomic E-state index is 4.42. The number of hydrogen-bond donors (Lipinski definition) is 2. The van der Waals surface area contributed by atoms with Crippen LogP contribution in [0.2, 0.25) is 0 Å². The number of nitrogens with one attached hydrogen (secondary N) is 2. The predicted molar refractivity (Wildman–Crippen MR) is 85.8 cm³/mol. The molecule has 6 heteroatoms. The van der Waals surface area contributed by atoms with Crippen LogP contribution in [0.1, 0.15) is 0 Å². The van der Waals surface area contributed by atoms with Crippen molar-refractivity contribution in [3.63, 3.8) is 0 Å². The van der Waals surface area contributed by atoms with E-state index in [1.807, 2.05) is 25.4 Å². The van der Waals surface area contributed by atoms with Crippen molar-refractivity contribution >= 4 is 22.5 Å². The minimum absolute atomic E-state index is 0.644. The Morgan fingerprint density at radius 2 is 1.91 bits per heavy atom. The third-order valence-corrected chi connectivity index (χ3v) is 3.65. The maximum absolute atomic E-state index is 4.42. The fourth-order valence-electron chi connectivity index (χ4n) is 2.49. The van der Waals surface area contributed by atoms with Gasteiger partial charge in [0.2, 0.25) is 0 Å². The van der Waals surface area contributed by atoms with E-state index in [4.69, 9.17) is 0 Å². The molecule has 3 heterocycles. The molecule has 2 N–H and O–H groups in total. The van der Waals surface area contributed by atoms with Crippen LogP contribution in [0, 0.1) is 0 Å². The number of aryl methyl sites for hydroxylation is 1. The van der Waals surface area contributed by atoms with Crippen LogP contribution in [0.15, 0.2) is 55.0 Å². The molecule has 0 aliphatic rings. The Kier molecular flexibility index (Phi) is 2.86. The van der Waals surface area contributed by atoms with Crippen LogP contribution in [0.25, 0.3) is 22.0 Å². The molecule has 0 aliphatic carbocycles. The van der Waals surface area contributed by atoms with E-state index in [1.54, 1.807) is 6.20 Å². The van der Waals surface area contributed by atoms with E-state index in [9.17, 15) is 0 Å². The fourth-order valence-corrected chi connectivity index (χ4v) is 2.49. The van der Waals surface area contributed by atoms with Gasteiger partial charge in [-0.1, -0.05) is 6.07 Å². The summed E-state index contributed by atoms with van der Waals surface area (Å²) < 4.78 is 2.11. The summed E-state index contributed by atoms with van der Waals surface area (Å²) in [5, 5.41) is 14.5. The van der Waals surface area contributed by atoms with E-state index in [0.29, 0.717) is 5.82 Å². The minimum Gasteiger partial charge on any atom is -0.351 e. The van der Waals surface area contributed by atoms with Crippen molar-refractivity contribution in [2.24, 2.45) is 7.05 Å². The lowest BCUT2D eigenvalue weighted by Crippen LogP contribution is -1.93. The van der Waals surface area contributed by atoms with Crippen LogP contribution in [0.4, 0.5) is 11.6 Å². The summed E-state index contributed by atoms with van der Waals surface area (Å²) in [4.78, 5) is 4.42. The number of aromatic nitrogens is 5. The van der Waals surface area contributed by atoms with Gasteiger partial charge in [0.05, 0.1) is 6.20 Å². The number of rotatable bonds is 3. The van der Waals surface area contributed by atoms with Crippen LogP contribution >= 0.6 is 0 Å². The summed E-state index contributed by atoms with van der Waals surface area (Å²) in [6.45, 7) is 0. The van der Waals surface area contributed by atoms with Gasteiger partial charge in [-0.3, -0.25) is 0 Å². The first kappa shape index (κ1) is 12.6. The molecule has 0 radical (unpaired) electrons. The standard InChI is InChI=1S/C16H14N6/c1-22-7-6-12-8-11(2-4-14(12)22)13-3-5-15(17-9-13)19-16-10-18-21-20-16/h2-10H,1H3,(H2,17,18,19,20,21). The molecule has 108 valence electrons. The maximum Gasteiger partial charge on any atom is 0.173 e. The number of anilines is 2. The van der Waals surface area contributed by atoms with Crippen molar-refractivity contribution < 1.29 is 0 Å². The molecule has 0 amide bonds. The number of fused-ring (bicyclic) bond motifs is 1. The lowest BCUT2D eigenvalue weighted by Gasteiger charge is -2.05. The van der Waals surface area contributed by atoms with E-state index in [-0.39, 0.29) is 0 Å². The quantitative estimate of drug-likeness (QED) is 0.608. The second-order valence-corrected chi connectivity index (χ2v) is 5.11. The number of hydrogen-bond acceptors (Lipinski definition) is 4. The number of benzene rings is 1. The van der Waals surface area contributed by atoms with Gasteiger partial charge >= 0.3 is 0 Å². The van der Waals surface area contributed by atoms with Gasteiger partial charge in [0.25, 0.3) is 0 Å². The highest BCUT2D eigenvalue weighted by Crippen LogP contribution is 2.25. The van der Waals surface area contributed by atoms with Crippen LogP contribution in [-0.4, -0.2) is 25.0 Å². The monoisotopic (exact) mass is 290 g/mol. The average Bonchev–Trinajstić information content (AvgIpc) is 3.18. The Morgan fingerprint density at radius 3 is 2.68 bits per heavy atom. The molecule has 4 rings (SSSR count). The van der Waals surface area contributed by atoms with E-state index in [1.165, 1.54) is 10.9 Å². The van der Waals surface area contributed by atoms with Crippen molar-refractivity contribution in [3.8, 4) is 11.1 Å². The first-order valence-electron chi connectivity index (χ1n) is 6.94. The molecule has 0 bridgehead atoms. The lowest BCUT2D eigenvalue weighted by atomic mass is 10.1. The second kappa shape index (κ2) is 5.00. The molecular weight excluding hydrogens is 276 g/mol. The average molecular weight is 290 g/mol. The van der Waals surface area contributed by atoms with E-state index < -0.39 is 0 Å². The predicted octanol–water partition coefficient (Wildman–Crippen LogP) is 3.10. The number of pyridine rings is 1. The zero-order valence-electron chi connectivity index (χ0n) is 12.0. The summed E-state index contributed by atoms with van der Waals surface area (Å²) in [6, 6.07) is 12.5. The molecule has 4 aromatic rings. The molecule has 6 nitrogen and oxygen atoms in total. The van der Waals surface area contributed by atoms with Gasteiger partial charge in [-0.25, -0.2) is 4.98 Å². The zero-order chi connectivity index (χ0) is 14.9. The van der Waals surface area contributed by atoms with Crippen LogP contribution in [0.5, 0.6) is 0 Å². The molecule has 0 aliphatic heterocycles. The molecule has 0 saturated heterocycles.